The van der Waals surface area contributed by atoms with Crippen molar-refractivity contribution in [3.63, 3.8) is 0 Å². The Morgan fingerprint density at radius 2 is 2.36 bits per heavy atom. The summed E-state index contributed by atoms with van der Waals surface area (Å²) in [4.78, 5) is 4.23. The Morgan fingerprint density at radius 1 is 1.45 bits per heavy atom. The van der Waals surface area contributed by atoms with E-state index in [2.05, 4.69) is 21.2 Å². The van der Waals surface area contributed by atoms with Crippen molar-refractivity contribution in [3.05, 3.63) is 24.0 Å². The van der Waals surface area contributed by atoms with Crippen molar-refractivity contribution in [2.75, 3.05) is 0 Å². The predicted molar refractivity (Wildman–Crippen MR) is 43.3 cm³/mol. The van der Waals surface area contributed by atoms with Crippen molar-refractivity contribution in [3.8, 4) is 0 Å². The van der Waals surface area contributed by atoms with Gasteiger partial charge in [-0.3, -0.25) is 0 Å². The second-order valence-corrected chi connectivity index (χ2v) is 4.24. The molecule has 50 valence electrons. The molecule has 2 aromatic heterocycles. The summed E-state index contributed by atoms with van der Waals surface area (Å²) in [5.41, 5.74) is 2.23. The number of hydrogen-bond acceptors (Lipinski definition) is 2. The second kappa shape index (κ2) is 3.43. The Labute approximate surface area is 103 Å². The van der Waals surface area contributed by atoms with Crippen molar-refractivity contribution >= 4 is 66.6 Å². The standard InChI is InChI=1S/C7H6N3.Rb/c1-5-2-6-4-9-10-7(6)8-3-5;/h2-4H,1H2,(H,8,9,10);. The fourth-order valence-corrected chi connectivity index (χ4v) is 2.03. The van der Waals surface area contributed by atoms with E-state index in [1.807, 2.05) is 12.4 Å². The topological polar surface area (TPSA) is 41.6 Å². The van der Waals surface area contributed by atoms with Crippen LogP contribution in [0.2, 0.25) is 0 Å². The molecule has 1 N–H and O–H groups in total. The summed E-state index contributed by atoms with van der Waals surface area (Å²) in [5.74, 6) is 0. The van der Waals surface area contributed by atoms with E-state index in [1.165, 1.54) is 5.05 Å². The van der Waals surface area contributed by atoms with Gasteiger partial charge in [0.15, 0.2) is 0 Å². The molecule has 0 spiro atoms. The van der Waals surface area contributed by atoms with Crippen LogP contribution in [0.5, 0.6) is 0 Å². The molecule has 0 fully saturated rings. The molecule has 0 saturated carbocycles. The fourth-order valence-electron chi connectivity index (χ4n) is 1.08. The number of H-pyrrole nitrogens is 1. The van der Waals surface area contributed by atoms with Crippen LogP contribution in [0.1, 0.15) is 5.56 Å². The summed E-state index contributed by atoms with van der Waals surface area (Å²) in [7, 11) is 0. The average molecular weight is 218 g/mol. The van der Waals surface area contributed by atoms with Gasteiger partial charge >= 0.3 is 105 Å². The average Bonchev–Trinajstić information content (AvgIpc) is 2.50. The van der Waals surface area contributed by atoms with E-state index < -0.39 is 0 Å². The van der Waals surface area contributed by atoms with Crippen molar-refractivity contribution in [1.29, 1.82) is 0 Å². The van der Waals surface area contributed by atoms with Crippen molar-refractivity contribution in [2.24, 2.45) is 0 Å². The van der Waals surface area contributed by atoms with Crippen molar-refractivity contribution in [1.82, 2.24) is 15.2 Å². The third-order valence-corrected chi connectivity index (χ3v) is 3.76. The van der Waals surface area contributed by atoms with Gasteiger partial charge in [0, 0.05) is 0 Å². The number of pyridine rings is 1. The summed E-state index contributed by atoms with van der Waals surface area (Å²) >= 11 is 0.718. The quantitative estimate of drug-likeness (QED) is 0.761. The zero-order valence-electron chi connectivity index (χ0n) is 6.33. The molecule has 0 atom stereocenters. The van der Waals surface area contributed by atoms with Gasteiger partial charge in [-0.15, -0.1) is 0 Å². The number of rotatable bonds is 1. The molecule has 0 radical (unpaired) electrons. The normalized spacial score (nSPS) is 10.7. The molecular formula is C7H6N3Rb. The van der Waals surface area contributed by atoms with Crippen LogP contribution in [-0.4, -0.2) is 70.7 Å². The zero-order chi connectivity index (χ0) is 7.68. The van der Waals surface area contributed by atoms with E-state index in [0.29, 0.717) is 0 Å². The molecule has 0 aliphatic heterocycles. The summed E-state index contributed by atoms with van der Waals surface area (Å²) in [6.45, 7) is 0. The Bertz CT molecular complexity index is 368. The minimum absolute atomic E-state index is 0.718. The van der Waals surface area contributed by atoms with Gasteiger partial charge in [-0.2, -0.15) is 0 Å². The number of hydrogen-bond donors (Lipinski definition) is 1. The van der Waals surface area contributed by atoms with E-state index in [-0.39, 0.29) is 0 Å². The van der Waals surface area contributed by atoms with Gasteiger partial charge in [-0.1, -0.05) is 0 Å². The van der Waals surface area contributed by atoms with Gasteiger partial charge in [-0.05, 0) is 0 Å². The molecule has 0 aliphatic carbocycles. The molecule has 0 amide bonds. The Hall–Kier alpha value is 0.425. The minimum atomic E-state index is 0.718. The first-order valence-electron chi connectivity index (χ1n) is 3.68. The van der Waals surface area contributed by atoms with Gasteiger partial charge in [0.1, 0.15) is 0 Å². The number of nitrogens with zero attached hydrogens (tertiary/aromatic N) is 2. The van der Waals surface area contributed by atoms with Gasteiger partial charge < -0.3 is 0 Å². The van der Waals surface area contributed by atoms with E-state index in [1.54, 1.807) is 0 Å². The molecule has 3 nitrogen and oxygen atoms in total. The summed E-state index contributed by atoms with van der Waals surface area (Å²) in [6, 6.07) is 2.16. The fraction of sp³-hybridized carbons (Fsp3) is 0.143. The van der Waals surface area contributed by atoms with E-state index in [4.69, 9.17) is 0 Å². The Balaban J connectivity index is 2.67. The maximum atomic E-state index is 4.23. The van der Waals surface area contributed by atoms with Crippen molar-refractivity contribution < 1.29 is 0 Å². The SMILES string of the molecule is [Rb][CH2]c1cnc2[nH]ncc2c1. The number of nitrogens with one attached hydrogen (secondary N) is 1. The molecule has 2 heterocycles. The second-order valence-electron chi connectivity index (χ2n) is 2.50. The predicted octanol–water partition coefficient (Wildman–Crippen LogP) is 0.626. The van der Waals surface area contributed by atoms with Gasteiger partial charge in [0.2, 0.25) is 0 Å². The monoisotopic (exact) mass is 217 g/mol. The number of aromatic amines is 1. The van der Waals surface area contributed by atoms with Crippen LogP contribution in [0.3, 0.4) is 0 Å². The van der Waals surface area contributed by atoms with Gasteiger partial charge in [0.05, 0.1) is 0 Å². The molecule has 2 rings (SSSR count). The first kappa shape index (κ1) is 8.04. The molecule has 0 saturated heterocycles. The molecule has 2 aromatic rings. The van der Waals surface area contributed by atoms with Crippen LogP contribution >= 0.6 is 0 Å². The molecule has 0 bridgehead atoms. The van der Waals surface area contributed by atoms with Crippen LogP contribution < -0.4 is 0 Å². The molecule has 0 aromatic carbocycles. The van der Waals surface area contributed by atoms with Crippen LogP contribution in [0, 0.1) is 0 Å². The summed E-state index contributed by atoms with van der Waals surface area (Å²) in [5, 5.41) is 7.85. The first-order valence-corrected chi connectivity index (χ1v) is 7.16. The van der Waals surface area contributed by atoms with Crippen molar-refractivity contribution in [2.45, 2.75) is -0.511 Å². The van der Waals surface area contributed by atoms with Gasteiger partial charge in [-0.25, -0.2) is 0 Å². The van der Waals surface area contributed by atoms with Crippen LogP contribution in [-0.2, 0) is -0.511 Å². The zero-order valence-corrected chi connectivity index (χ0v) is 11.2. The molecule has 0 aliphatic rings. The number of fused-ring (bicyclic) bond motifs is 1. The van der Waals surface area contributed by atoms with E-state index in [9.17, 15) is 0 Å². The third-order valence-electron chi connectivity index (χ3n) is 1.76. The van der Waals surface area contributed by atoms with Crippen LogP contribution in [0.4, 0.5) is 0 Å². The van der Waals surface area contributed by atoms with Crippen LogP contribution in [0.25, 0.3) is 11.0 Å². The molecular weight excluding hydrogens is 212 g/mol. The maximum absolute atomic E-state index is 4.23. The van der Waals surface area contributed by atoms with E-state index >= 15 is 0 Å². The summed E-state index contributed by atoms with van der Waals surface area (Å²) in [6.07, 6.45) is 3.74. The van der Waals surface area contributed by atoms with E-state index in [0.717, 1.165) is 66.6 Å². The molecule has 0 unspecified atom stereocenters. The molecule has 4 heteroatoms. The number of aromatic nitrogens is 3. The first-order chi connectivity index (χ1) is 5.40. The third kappa shape index (κ3) is 1.61. The molecule has 11 heavy (non-hydrogen) atoms. The summed E-state index contributed by atoms with van der Waals surface area (Å²) < 4.78 is 1.23. The Morgan fingerprint density at radius 3 is 3.18 bits per heavy atom. The Kier molecular flexibility index (Phi) is 2.51. The van der Waals surface area contributed by atoms with Crippen LogP contribution in [0.15, 0.2) is 18.5 Å². The van der Waals surface area contributed by atoms with Gasteiger partial charge in [0.25, 0.3) is 0 Å².